The van der Waals surface area contributed by atoms with E-state index in [0.29, 0.717) is 18.0 Å². The maximum absolute atomic E-state index is 9.70. The van der Waals surface area contributed by atoms with Gasteiger partial charge in [0.2, 0.25) is 0 Å². The third-order valence-electron chi connectivity index (χ3n) is 3.46. The lowest BCUT2D eigenvalue weighted by atomic mass is 10.1. The topological polar surface area (TPSA) is 60.4 Å². The van der Waals surface area contributed by atoms with Crippen molar-refractivity contribution in [3.05, 3.63) is 23.8 Å². The average Bonchev–Trinajstić information content (AvgIpc) is 2.52. The summed E-state index contributed by atoms with van der Waals surface area (Å²) >= 11 is 0. The summed E-state index contributed by atoms with van der Waals surface area (Å²) in [5.74, 6) is 1.30. The Kier molecular flexibility index (Phi) is 7.45. The highest BCUT2D eigenvalue weighted by Gasteiger charge is 2.21. The molecule has 1 atom stereocenters. The molecule has 0 saturated heterocycles. The van der Waals surface area contributed by atoms with Gasteiger partial charge in [-0.25, -0.2) is 0 Å². The van der Waals surface area contributed by atoms with Crippen molar-refractivity contribution >= 4 is 0 Å². The van der Waals surface area contributed by atoms with Crippen LogP contribution >= 0.6 is 0 Å². The first-order valence-electron chi connectivity index (χ1n) is 6.69. The van der Waals surface area contributed by atoms with Gasteiger partial charge in [-0.1, -0.05) is 6.07 Å². The molecule has 1 rings (SSSR count). The highest BCUT2D eigenvalue weighted by Crippen LogP contribution is 2.31. The van der Waals surface area contributed by atoms with Crippen molar-refractivity contribution in [2.45, 2.75) is 12.3 Å². The number of ether oxygens (including phenoxy) is 4. The molecule has 0 spiro atoms. The van der Waals surface area contributed by atoms with Gasteiger partial charge in [-0.3, -0.25) is 4.90 Å². The number of likely N-dealkylation sites (N-methyl/N-ethyl adjacent to an activating group) is 1. The molecule has 0 aliphatic carbocycles. The van der Waals surface area contributed by atoms with Crippen LogP contribution in [0.1, 0.15) is 11.6 Å². The molecule has 0 aromatic heterocycles. The van der Waals surface area contributed by atoms with Gasteiger partial charge in [-0.15, -0.1) is 0 Å². The van der Waals surface area contributed by atoms with Gasteiger partial charge in [0, 0.05) is 20.8 Å². The molecule has 120 valence electrons. The summed E-state index contributed by atoms with van der Waals surface area (Å²) in [6.45, 7) is 0.513. The Hall–Kier alpha value is -1.34. The van der Waals surface area contributed by atoms with Crippen LogP contribution < -0.4 is 9.47 Å². The number of methoxy groups -OCH3 is 4. The maximum Gasteiger partial charge on any atom is 0.169 e. The van der Waals surface area contributed by atoms with Crippen molar-refractivity contribution in [1.82, 2.24) is 4.90 Å². The van der Waals surface area contributed by atoms with E-state index < -0.39 is 0 Å². The summed E-state index contributed by atoms with van der Waals surface area (Å²) in [6, 6.07) is 5.42. The molecular weight excluding hydrogens is 274 g/mol. The van der Waals surface area contributed by atoms with Crippen molar-refractivity contribution in [2.75, 3.05) is 48.6 Å². The molecule has 0 saturated carbocycles. The molecule has 0 radical (unpaired) electrons. The number of rotatable bonds is 9. The van der Waals surface area contributed by atoms with Gasteiger partial charge in [-0.2, -0.15) is 0 Å². The molecular formula is C15H25NO5. The lowest BCUT2D eigenvalue weighted by molar-refractivity contribution is -0.119. The summed E-state index contributed by atoms with van der Waals surface area (Å²) in [6.07, 6.45) is -0.343. The van der Waals surface area contributed by atoms with Crippen LogP contribution in [0.15, 0.2) is 18.2 Å². The minimum atomic E-state index is -0.343. The van der Waals surface area contributed by atoms with Gasteiger partial charge in [0.05, 0.1) is 26.9 Å². The molecule has 0 aliphatic rings. The Morgan fingerprint density at radius 1 is 1.05 bits per heavy atom. The lowest BCUT2D eigenvalue weighted by Crippen LogP contribution is -2.36. The van der Waals surface area contributed by atoms with Gasteiger partial charge in [0.1, 0.15) is 0 Å². The second-order valence-electron chi connectivity index (χ2n) is 4.65. The van der Waals surface area contributed by atoms with E-state index in [1.165, 1.54) is 0 Å². The molecule has 0 aliphatic heterocycles. The summed E-state index contributed by atoms with van der Waals surface area (Å²) in [4.78, 5) is 1.97. The Balaban J connectivity index is 2.93. The van der Waals surface area contributed by atoms with Crippen LogP contribution in [0.25, 0.3) is 0 Å². The van der Waals surface area contributed by atoms with Gasteiger partial charge in [-0.05, 0) is 24.7 Å². The van der Waals surface area contributed by atoms with Crippen molar-refractivity contribution in [3.8, 4) is 11.5 Å². The number of aliphatic hydroxyl groups excluding tert-OH is 1. The Morgan fingerprint density at radius 2 is 1.67 bits per heavy atom. The molecule has 1 N–H and O–H groups in total. The molecule has 1 aromatic carbocycles. The number of benzene rings is 1. The van der Waals surface area contributed by atoms with Crippen LogP contribution in [0, 0.1) is 0 Å². The van der Waals surface area contributed by atoms with E-state index in [2.05, 4.69) is 0 Å². The van der Waals surface area contributed by atoms with Crippen molar-refractivity contribution in [3.63, 3.8) is 0 Å². The van der Waals surface area contributed by atoms with Crippen LogP contribution in [0.5, 0.6) is 11.5 Å². The van der Waals surface area contributed by atoms with Crippen LogP contribution in [0.2, 0.25) is 0 Å². The molecule has 6 heteroatoms. The fraction of sp³-hybridized carbons (Fsp3) is 0.600. The normalized spacial score (nSPS) is 12.8. The Labute approximate surface area is 126 Å². The predicted molar refractivity (Wildman–Crippen MR) is 79.8 cm³/mol. The molecule has 0 bridgehead atoms. The summed E-state index contributed by atoms with van der Waals surface area (Å²) in [5, 5.41) is 9.70. The zero-order valence-electron chi connectivity index (χ0n) is 13.3. The SMILES string of the molecule is COc1ccc(C(CO)N(C)CC(OC)OC)cc1OC. The predicted octanol–water partition coefficient (Wildman–Crippen LogP) is 1.29. The molecule has 0 heterocycles. The third-order valence-corrected chi connectivity index (χ3v) is 3.46. The quantitative estimate of drug-likeness (QED) is 0.693. The first-order valence-corrected chi connectivity index (χ1v) is 6.69. The van der Waals surface area contributed by atoms with Crippen molar-refractivity contribution in [2.24, 2.45) is 0 Å². The monoisotopic (exact) mass is 299 g/mol. The largest absolute Gasteiger partial charge is 0.493 e. The first-order chi connectivity index (χ1) is 10.1. The summed E-state index contributed by atoms with van der Waals surface area (Å²) in [7, 11) is 8.27. The zero-order valence-corrected chi connectivity index (χ0v) is 13.3. The number of aliphatic hydroxyl groups is 1. The lowest BCUT2D eigenvalue weighted by Gasteiger charge is -2.29. The summed E-state index contributed by atoms with van der Waals surface area (Å²) in [5.41, 5.74) is 0.934. The average molecular weight is 299 g/mol. The third kappa shape index (κ3) is 4.57. The van der Waals surface area contributed by atoms with E-state index in [-0.39, 0.29) is 18.9 Å². The Bertz CT molecular complexity index is 423. The molecule has 0 fully saturated rings. The van der Waals surface area contributed by atoms with E-state index in [9.17, 15) is 5.11 Å². The van der Waals surface area contributed by atoms with E-state index in [0.717, 1.165) is 5.56 Å². The Morgan fingerprint density at radius 3 is 2.14 bits per heavy atom. The molecule has 0 amide bonds. The van der Waals surface area contributed by atoms with Crippen molar-refractivity contribution < 1.29 is 24.1 Å². The molecule has 6 nitrogen and oxygen atoms in total. The van der Waals surface area contributed by atoms with Crippen LogP contribution in [-0.4, -0.2) is 64.9 Å². The van der Waals surface area contributed by atoms with E-state index >= 15 is 0 Å². The fourth-order valence-electron chi connectivity index (χ4n) is 2.17. The van der Waals surface area contributed by atoms with E-state index in [1.54, 1.807) is 28.4 Å². The van der Waals surface area contributed by atoms with E-state index in [4.69, 9.17) is 18.9 Å². The van der Waals surface area contributed by atoms with Gasteiger partial charge in [0.25, 0.3) is 0 Å². The number of nitrogens with zero attached hydrogens (tertiary/aromatic N) is 1. The highest BCUT2D eigenvalue weighted by molar-refractivity contribution is 5.43. The fourth-order valence-corrected chi connectivity index (χ4v) is 2.17. The minimum absolute atomic E-state index is 0.0217. The summed E-state index contributed by atoms with van der Waals surface area (Å²) < 4.78 is 20.9. The second kappa shape index (κ2) is 8.84. The van der Waals surface area contributed by atoms with E-state index in [1.807, 2.05) is 30.1 Å². The first kappa shape index (κ1) is 17.7. The van der Waals surface area contributed by atoms with Crippen LogP contribution in [0.4, 0.5) is 0 Å². The standard InChI is InChI=1S/C15H25NO5/c1-16(9-15(20-4)21-5)12(10-17)11-6-7-13(18-2)14(8-11)19-3/h6-8,12,15,17H,9-10H2,1-5H3. The zero-order chi connectivity index (χ0) is 15.8. The second-order valence-corrected chi connectivity index (χ2v) is 4.65. The number of hydrogen-bond acceptors (Lipinski definition) is 6. The minimum Gasteiger partial charge on any atom is -0.493 e. The highest BCUT2D eigenvalue weighted by atomic mass is 16.7. The van der Waals surface area contributed by atoms with Gasteiger partial charge >= 0.3 is 0 Å². The molecule has 1 unspecified atom stereocenters. The smallest absolute Gasteiger partial charge is 0.169 e. The van der Waals surface area contributed by atoms with Gasteiger partial charge in [0.15, 0.2) is 17.8 Å². The maximum atomic E-state index is 9.70. The van der Waals surface area contributed by atoms with Crippen LogP contribution in [-0.2, 0) is 9.47 Å². The van der Waals surface area contributed by atoms with Crippen LogP contribution in [0.3, 0.4) is 0 Å². The molecule has 1 aromatic rings. The molecule has 21 heavy (non-hydrogen) atoms. The van der Waals surface area contributed by atoms with Crippen molar-refractivity contribution in [1.29, 1.82) is 0 Å². The number of hydrogen-bond donors (Lipinski definition) is 1. The van der Waals surface area contributed by atoms with Gasteiger partial charge < -0.3 is 24.1 Å².